The molecule has 19 heavy (non-hydrogen) atoms. The van der Waals surface area contributed by atoms with Gasteiger partial charge in [-0.15, -0.1) is 0 Å². The Bertz CT molecular complexity index is 292. The molecule has 1 unspecified atom stereocenters. The van der Waals surface area contributed by atoms with E-state index in [0.29, 0.717) is 5.41 Å². The fourth-order valence-corrected chi connectivity index (χ4v) is 5.47. The number of ether oxygens (including phenoxy) is 1. The largest absolute Gasteiger partial charge is 0.381 e. The number of hydrogen-bond donors (Lipinski definition) is 1. The molecule has 2 fully saturated rings. The van der Waals surface area contributed by atoms with E-state index in [1.807, 2.05) is 0 Å². The van der Waals surface area contributed by atoms with Gasteiger partial charge in [0.05, 0.1) is 0 Å². The average Bonchev–Trinajstić information content (AvgIpc) is 2.39. The van der Waals surface area contributed by atoms with Crippen molar-refractivity contribution in [3.05, 3.63) is 0 Å². The van der Waals surface area contributed by atoms with Gasteiger partial charge in [-0.1, -0.05) is 13.8 Å². The third kappa shape index (κ3) is 3.12. The van der Waals surface area contributed by atoms with Crippen LogP contribution in [0.25, 0.3) is 0 Å². The fraction of sp³-hybridized carbons (Fsp3) is 1.00. The average molecular weight is 286 g/mol. The molecule has 3 nitrogen and oxygen atoms in total. The van der Waals surface area contributed by atoms with E-state index in [4.69, 9.17) is 10.5 Å². The highest BCUT2D eigenvalue weighted by molar-refractivity contribution is 7.99. The van der Waals surface area contributed by atoms with Crippen LogP contribution >= 0.6 is 11.8 Å². The second kappa shape index (κ2) is 6.33. The van der Waals surface area contributed by atoms with E-state index in [1.165, 1.54) is 37.3 Å². The van der Waals surface area contributed by atoms with Crippen molar-refractivity contribution in [3.63, 3.8) is 0 Å². The molecule has 0 aromatic carbocycles. The topological polar surface area (TPSA) is 38.5 Å². The summed E-state index contributed by atoms with van der Waals surface area (Å²) in [5.41, 5.74) is 6.71. The molecule has 0 aromatic heterocycles. The Morgan fingerprint density at radius 1 is 1.32 bits per heavy atom. The van der Waals surface area contributed by atoms with Crippen LogP contribution in [0.1, 0.15) is 33.1 Å². The third-order valence-corrected chi connectivity index (χ3v) is 6.59. The molecule has 0 radical (unpaired) electrons. The van der Waals surface area contributed by atoms with Crippen molar-refractivity contribution in [1.29, 1.82) is 0 Å². The molecule has 0 aliphatic carbocycles. The van der Waals surface area contributed by atoms with Gasteiger partial charge in [0.1, 0.15) is 0 Å². The number of nitrogens with zero attached hydrogens (tertiary/aromatic N) is 1. The van der Waals surface area contributed by atoms with Gasteiger partial charge in [0, 0.05) is 37.6 Å². The van der Waals surface area contributed by atoms with Gasteiger partial charge in [-0.3, -0.25) is 4.90 Å². The number of thioether (sulfide) groups is 1. The summed E-state index contributed by atoms with van der Waals surface area (Å²) in [4.78, 5) is 2.58. The lowest BCUT2D eigenvalue weighted by Gasteiger charge is -2.55. The van der Waals surface area contributed by atoms with Crippen LogP contribution in [0.2, 0.25) is 0 Å². The minimum Gasteiger partial charge on any atom is -0.381 e. The van der Waals surface area contributed by atoms with E-state index in [1.54, 1.807) is 0 Å². The lowest BCUT2D eigenvalue weighted by molar-refractivity contribution is -0.00891. The minimum absolute atomic E-state index is 0.161. The third-order valence-electron chi connectivity index (χ3n) is 5.41. The molecule has 0 amide bonds. The maximum Gasteiger partial charge on any atom is 0.0470 e. The number of likely N-dealkylation sites (N-methyl/N-ethyl adjacent to an activating group) is 1. The molecule has 2 saturated heterocycles. The minimum atomic E-state index is 0.161. The molecule has 0 spiro atoms. The van der Waals surface area contributed by atoms with E-state index in [0.717, 1.165) is 25.7 Å². The maximum absolute atomic E-state index is 6.24. The normalized spacial score (nSPS) is 32.7. The van der Waals surface area contributed by atoms with Crippen molar-refractivity contribution >= 4 is 11.8 Å². The zero-order chi connectivity index (χ0) is 13.9. The zero-order valence-electron chi connectivity index (χ0n) is 12.8. The molecule has 0 bridgehead atoms. The first-order valence-electron chi connectivity index (χ1n) is 7.59. The quantitative estimate of drug-likeness (QED) is 0.860. The standard InChI is InChI=1S/C15H30N2OS/c1-14(2)6-9-19-12-15(14,11-16)17(3)10-13-4-7-18-8-5-13/h13H,4-12,16H2,1-3H3. The second-order valence-corrected chi connectivity index (χ2v) is 7.96. The van der Waals surface area contributed by atoms with E-state index in [-0.39, 0.29) is 5.54 Å². The van der Waals surface area contributed by atoms with Crippen LogP contribution in [0.5, 0.6) is 0 Å². The Balaban J connectivity index is 2.06. The predicted molar refractivity (Wildman–Crippen MR) is 83.7 cm³/mol. The first-order chi connectivity index (χ1) is 9.02. The molecule has 2 aliphatic heterocycles. The molecule has 0 saturated carbocycles. The van der Waals surface area contributed by atoms with Crippen LogP contribution in [-0.4, -0.2) is 55.3 Å². The first kappa shape index (κ1) is 15.6. The van der Waals surface area contributed by atoms with Gasteiger partial charge >= 0.3 is 0 Å². The monoisotopic (exact) mass is 286 g/mol. The number of hydrogen-bond acceptors (Lipinski definition) is 4. The van der Waals surface area contributed by atoms with Gasteiger partial charge in [0.25, 0.3) is 0 Å². The molecule has 112 valence electrons. The SMILES string of the molecule is CN(CC1CCOCC1)C1(CN)CSCCC1(C)C. The Kier molecular flexibility index (Phi) is 5.21. The maximum atomic E-state index is 6.24. The van der Waals surface area contributed by atoms with Gasteiger partial charge in [0.2, 0.25) is 0 Å². The van der Waals surface area contributed by atoms with Crippen molar-refractivity contribution in [2.24, 2.45) is 17.1 Å². The highest BCUT2D eigenvalue weighted by Crippen LogP contribution is 2.45. The lowest BCUT2D eigenvalue weighted by atomic mass is 9.69. The summed E-state index contributed by atoms with van der Waals surface area (Å²) < 4.78 is 5.47. The summed E-state index contributed by atoms with van der Waals surface area (Å²) in [7, 11) is 2.29. The molecular weight excluding hydrogens is 256 g/mol. The summed E-state index contributed by atoms with van der Waals surface area (Å²) in [6, 6.07) is 0. The van der Waals surface area contributed by atoms with Crippen LogP contribution in [0.15, 0.2) is 0 Å². The van der Waals surface area contributed by atoms with Crippen LogP contribution in [0.3, 0.4) is 0 Å². The van der Waals surface area contributed by atoms with Crippen LogP contribution in [0.4, 0.5) is 0 Å². The molecule has 0 aromatic rings. The summed E-state index contributed by atoms with van der Waals surface area (Å²) in [6.45, 7) is 8.62. The molecule has 2 aliphatic rings. The summed E-state index contributed by atoms with van der Waals surface area (Å²) in [5, 5.41) is 0. The Morgan fingerprint density at radius 3 is 2.58 bits per heavy atom. The van der Waals surface area contributed by atoms with E-state index in [9.17, 15) is 0 Å². The summed E-state index contributed by atoms with van der Waals surface area (Å²) in [5.74, 6) is 3.24. The lowest BCUT2D eigenvalue weighted by Crippen LogP contribution is -2.65. The molecule has 2 N–H and O–H groups in total. The number of nitrogens with two attached hydrogens (primary N) is 1. The van der Waals surface area contributed by atoms with Gasteiger partial charge in [-0.25, -0.2) is 0 Å². The Labute approximate surface area is 122 Å². The fourth-order valence-electron chi connectivity index (χ4n) is 3.61. The molecule has 4 heteroatoms. The molecule has 2 rings (SSSR count). The Morgan fingerprint density at radius 2 is 2.00 bits per heavy atom. The zero-order valence-corrected chi connectivity index (χ0v) is 13.6. The van der Waals surface area contributed by atoms with Gasteiger partial charge in [0.15, 0.2) is 0 Å². The van der Waals surface area contributed by atoms with Gasteiger partial charge < -0.3 is 10.5 Å². The van der Waals surface area contributed by atoms with E-state index >= 15 is 0 Å². The van der Waals surface area contributed by atoms with E-state index < -0.39 is 0 Å². The molecule has 2 heterocycles. The van der Waals surface area contributed by atoms with E-state index in [2.05, 4.69) is 37.6 Å². The molecule has 1 atom stereocenters. The van der Waals surface area contributed by atoms with Crippen LogP contribution in [0, 0.1) is 11.3 Å². The van der Waals surface area contributed by atoms with Crippen LogP contribution in [-0.2, 0) is 4.74 Å². The Hall–Kier alpha value is 0.230. The smallest absolute Gasteiger partial charge is 0.0470 e. The van der Waals surface area contributed by atoms with Crippen molar-refractivity contribution in [2.75, 3.05) is 44.9 Å². The van der Waals surface area contributed by atoms with Crippen molar-refractivity contribution in [3.8, 4) is 0 Å². The van der Waals surface area contributed by atoms with Gasteiger partial charge in [-0.2, -0.15) is 11.8 Å². The second-order valence-electron chi connectivity index (χ2n) is 6.86. The summed E-state index contributed by atoms with van der Waals surface area (Å²) >= 11 is 2.07. The van der Waals surface area contributed by atoms with Crippen molar-refractivity contribution in [1.82, 2.24) is 4.90 Å². The van der Waals surface area contributed by atoms with Crippen LogP contribution < -0.4 is 5.73 Å². The van der Waals surface area contributed by atoms with Gasteiger partial charge in [-0.05, 0) is 43.4 Å². The van der Waals surface area contributed by atoms with Crippen molar-refractivity contribution < 1.29 is 4.74 Å². The van der Waals surface area contributed by atoms with Crippen molar-refractivity contribution in [2.45, 2.75) is 38.6 Å². The number of rotatable bonds is 4. The predicted octanol–water partition coefficient (Wildman–Crippen LogP) is 2.21. The summed E-state index contributed by atoms with van der Waals surface area (Å²) in [6.07, 6.45) is 3.68. The highest BCUT2D eigenvalue weighted by Gasteiger charge is 2.49. The highest BCUT2D eigenvalue weighted by atomic mass is 32.2. The first-order valence-corrected chi connectivity index (χ1v) is 8.74. The molecular formula is C15H30N2OS.